The van der Waals surface area contributed by atoms with Crippen LogP contribution in [0.1, 0.15) is 48.9 Å². The zero-order valence-electron chi connectivity index (χ0n) is 16.8. The topological polar surface area (TPSA) is 91.2 Å². The van der Waals surface area contributed by atoms with Crippen LogP contribution in [0.3, 0.4) is 0 Å². The Labute approximate surface area is 173 Å². The number of rotatable bonds is 4. The first-order valence-electron chi connectivity index (χ1n) is 10.4. The molecule has 2 heterocycles. The zero-order valence-corrected chi connectivity index (χ0v) is 17.6. The minimum atomic E-state index is -1.73. The molecule has 2 atom stereocenters. The number of anilines is 1. The van der Waals surface area contributed by atoms with Crippen LogP contribution in [-0.2, 0) is 43.6 Å². The van der Waals surface area contributed by atoms with Gasteiger partial charge in [0, 0.05) is 5.69 Å². The predicted molar refractivity (Wildman–Crippen MR) is 111 cm³/mol. The molecule has 0 saturated carbocycles. The van der Waals surface area contributed by atoms with Gasteiger partial charge in [-0.25, -0.2) is 9.48 Å². The number of fused-ring (bicyclic) bond motifs is 3. The predicted octanol–water partition coefficient (Wildman–Crippen LogP) is 3.12. The van der Waals surface area contributed by atoms with E-state index in [-0.39, 0.29) is 6.10 Å². The number of urea groups is 1. The van der Waals surface area contributed by atoms with E-state index in [1.807, 2.05) is 0 Å². The Morgan fingerprint density at radius 2 is 1.93 bits per heavy atom. The molecule has 0 radical (unpaired) electrons. The molecule has 8 heteroatoms. The van der Waals surface area contributed by atoms with Gasteiger partial charge in [0.15, 0.2) is 0 Å². The molecule has 2 amide bonds. The maximum absolute atomic E-state index is 12.8. The van der Waals surface area contributed by atoms with Gasteiger partial charge >= 0.3 is 6.03 Å². The Balaban J connectivity index is 1.32. The minimum absolute atomic E-state index is 0.0118. The van der Waals surface area contributed by atoms with E-state index in [4.69, 9.17) is 4.74 Å². The zero-order chi connectivity index (χ0) is 20.1. The first kappa shape index (κ1) is 18.8. The number of nitrogens with zero attached hydrogens (tertiary/aromatic N) is 2. The van der Waals surface area contributed by atoms with Gasteiger partial charge in [-0.15, -0.1) is 4.72 Å². The average Bonchev–Trinajstić information content (AvgIpc) is 3.43. The third-order valence-corrected chi connectivity index (χ3v) is 7.27. The van der Waals surface area contributed by atoms with E-state index in [1.54, 1.807) is 4.68 Å². The number of amides is 2. The van der Waals surface area contributed by atoms with Gasteiger partial charge < -0.3 is 14.6 Å². The fraction of sp³-hybridized carbons (Fsp3) is 0.524. The lowest BCUT2D eigenvalue weighted by molar-refractivity contribution is 0.173. The van der Waals surface area contributed by atoms with Crippen LogP contribution in [0, 0.1) is 5.92 Å². The molecule has 0 bridgehead atoms. The molecular weight excluding hydrogens is 388 g/mol. The van der Waals surface area contributed by atoms with Crippen LogP contribution in [0.4, 0.5) is 10.5 Å². The Morgan fingerprint density at radius 1 is 1.24 bits per heavy atom. The Hall–Kier alpha value is -2.19. The summed E-state index contributed by atoms with van der Waals surface area (Å²) in [5, 5.41) is 7.28. The van der Waals surface area contributed by atoms with Crippen LogP contribution in [-0.4, -0.2) is 26.5 Å². The van der Waals surface area contributed by atoms with E-state index in [0.29, 0.717) is 23.2 Å². The smallest absolute Gasteiger partial charge is 0.361 e. The molecule has 2 N–H and O–H groups in total. The summed E-state index contributed by atoms with van der Waals surface area (Å²) < 4.78 is 23.0. The van der Waals surface area contributed by atoms with Crippen molar-refractivity contribution in [2.45, 2.75) is 69.9 Å². The van der Waals surface area contributed by atoms with E-state index in [9.17, 15) is 9.35 Å². The van der Waals surface area contributed by atoms with Crippen LogP contribution >= 0.6 is 0 Å². The van der Waals surface area contributed by atoms with Gasteiger partial charge in [0.25, 0.3) is 10.8 Å². The number of hydrogen-bond donors (Lipinski definition) is 2. The van der Waals surface area contributed by atoms with Crippen LogP contribution in [0.25, 0.3) is 0 Å². The second-order valence-electron chi connectivity index (χ2n) is 8.46. The number of aryl methyl sites for hydroxylation is 2. The third-order valence-electron chi connectivity index (χ3n) is 6.22. The molecule has 154 valence electrons. The Bertz CT molecular complexity index is 939. The molecule has 29 heavy (non-hydrogen) atoms. The van der Waals surface area contributed by atoms with Gasteiger partial charge in [-0.2, -0.15) is 5.10 Å². The van der Waals surface area contributed by atoms with Gasteiger partial charge in [0.2, 0.25) is 0 Å². The second kappa shape index (κ2) is 7.25. The van der Waals surface area contributed by atoms with Crippen molar-refractivity contribution >= 4 is 23.1 Å². The normalized spacial score (nSPS) is 20.2. The van der Waals surface area contributed by atoms with E-state index in [1.165, 1.54) is 28.5 Å². The highest BCUT2D eigenvalue weighted by atomic mass is 32.2. The van der Waals surface area contributed by atoms with Gasteiger partial charge in [0.1, 0.15) is 23.7 Å². The molecular formula is C21H26N4O3S. The Kier molecular flexibility index (Phi) is 4.70. The summed E-state index contributed by atoms with van der Waals surface area (Å²) in [6.07, 6.45) is 7.89. The number of carbonyl (C=O) groups excluding carboxylic acids is 1. The number of ether oxygens (including phenoxy) is 1. The fourth-order valence-electron chi connectivity index (χ4n) is 4.68. The van der Waals surface area contributed by atoms with Crippen LogP contribution in [0.15, 0.2) is 17.2 Å². The summed E-state index contributed by atoms with van der Waals surface area (Å²) in [5.74, 6) is 0.820. The standard InChI is InChI=1S/C21H26N4O3S/c1-12(2)17-11-25-20(28-17)18(10-22-25)29(27)24-21(26)23-19-15-7-3-5-13(15)9-14-6-4-8-16(14)19/h9-10,12,17H,3-8,11H2,1-2H3,(H2,23,24,26)/t17-,29?/m0/s1. The number of aromatic nitrogens is 2. The summed E-state index contributed by atoms with van der Waals surface area (Å²) in [6, 6.07) is 1.88. The van der Waals surface area contributed by atoms with E-state index in [2.05, 4.69) is 35.1 Å². The maximum atomic E-state index is 12.8. The summed E-state index contributed by atoms with van der Waals surface area (Å²) >= 11 is -1.73. The molecule has 3 aliphatic rings. The number of nitrogens with one attached hydrogen (secondary N) is 2. The molecule has 0 spiro atoms. The number of benzene rings is 1. The summed E-state index contributed by atoms with van der Waals surface area (Å²) in [5.41, 5.74) is 6.15. The SMILES string of the molecule is CC(C)[C@@H]1Cn2ncc([S+]([O-])NC(=O)Nc3c4c(cc5c3CCC5)CCC4)c2O1. The summed E-state index contributed by atoms with van der Waals surface area (Å²) in [4.78, 5) is 13.1. The molecule has 1 aliphatic heterocycles. The highest BCUT2D eigenvalue weighted by Crippen LogP contribution is 2.38. The van der Waals surface area contributed by atoms with Gasteiger partial charge in [-0.05, 0) is 66.7 Å². The van der Waals surface area contributed by atoms with Gasteiger partial charge in [-0.3, -0.25) is 0 Å². The fourth-order valence-corrected chi connectivity index (χ4v) is 5.46. The van der Waals surface area contributed by atoms with Crippen molar-refractivity contribution in [1.82, 2.24) is 14.5 Å². The highest BCUT2D eigenvalue weighted by molar-refractivity contribution is 7.90. The van der Waals surface area contributed by atoms with Crippen LogP contribution < -0.4 is 14.8 Å². The molecule has 2 aliphatic carbocycles. The van der Waals surface area contributed by atoms with Crippen molar-refractivity contribution in [3.63, 3.8) is 0 Å². The van der Waals surface area contributed by atoms with Crippen molar-refractivity contribution in [3.05, 3.63) is 34.5 Å². The highest BCUT2D eigenvalue weighted by Gasteiger charge is 2.35. The van der Waals surface area contributed by atoms with Gasteiger partial charge in [0.05, 0.1) is 6.54 Å². The van der Waals surface area contributed by atoms with Crippen molar-refractivity contribution in [3.8, 4) is 5.88 Å². The molecule has 7 nitrogen and oxygen atoms in total. The van der Waals surface area contributed by atoms with Crippen LogP contribution in [0.5, 0.6) is 5.88 Å². The molecule has 1 aromatic heterocycles. The lowest BCUT2D eigenvalue weighted by Crippen LogP contribution is -2.35. The second-order valence-corrected chi connectivity index (χ2v) is 9.64. The molecule has 1 unspecified atom stereocenters. The lowest BCUT2D eigenvalue weighted by Gasteiger charge is -2.17. The Morgan fingerprint density at radius 3 is 2.59 bits per heavy atom. The van der Waals surface area contributed by atoms with E-state index >= 15 is 0 Å². The van der Waals surface area contributed by atoms with Gasteiger partial charge in [-0.1, -0.05) is 19.9 Å². The van der Waals surface area contributed by atoms with Crippen molar-refractivity contribution in [2.75, 3.05) is 5.32 Å². The molecule has 0 saturated heterocycles. The quantitative estimate of drug-likeness (QED) is 0.752. The number of hydrogen-bond acceptors (Lipinski definition) is 4. The van der Waals surface area contributed by atoms with E-state index < -0.39 is 17.4 Å². The molecule has 1 aromatic carbocycles. The molecule has 5 rings (SSSR count). The first-order chi connectivity index (χ1) is 14.0. The van der Waals surface area contributed by atoms with E-state index in [0.717, 1.165) is 44.2 Å². The van der Waals surface area contributed by atoms with Crippen LogP contribution in [0.2, 0.25) is 0 Å². The largest absolute Gasteiger partial charge is 0.588 e. The van der Waals surface area contributed by atoms with Crippen molar-refractivity contribution < 1.29 is 14.1 Å². The summed E-state index contributed by atoms with van der Waals surface area (Å²) in [6.45, 7) is 4.80. The lowest BCUT2D eigenvalue weighted by atomic mass is 9.99. The number of carbonyl (C=O) groups is 1. The first-order valence-corrected chi connectivity index (χ1v) is 11.5. The monoisotopic (exact) mass is 414 g/mol. The molecule has 2 aromatic rings. The maximum Gasteiger partial charge on any atom is 0.361 e. The van der Waals surface area contributed by atoms with Crippen molar-refractivity contribution in [2.24, 2.45) is 5.92 Å². The average molecular weight is 415 g/mol. The summed E-state index contributed by atoms with van der Waals surface area (Å²) in [7, 11) is 0. The third kappa shape index (κ3) is 3.28. The minimum Gasteiger partial charge on any atom is -0.588 e. The molecule has 0 fully saturated rings. The van der Waals surface area contributed by atoms with Crippen molar-refractivity contribution in [1.29, 1.82) is 0 Å².